The number of carbonyl (C=O) groups excluding carboxylic acids is 1. The summed E-state index contributed by atoms with van der Waals surface area (Å²) in [4.78, 5) is 18.4. The lowest BCUT2D eigenvalue weighted by Gasteiger charge is -2.08. The highest BCUT2D eigenvalue weighted by Crippen LogP contribution is 2.24. The van der Waals surface area contributed by atoms with Crippen molar-refractivity contribution in [3.63, 3.8) is 0 Å². The van der Waals surface area contributed by atoms with E-state index in [9.17, 15) is 4.79 Å². The highest BCUT2D eigenvalue weighted by molar-refractivity contribution is 7.15. The molecule has 0 unspecified atom stereocenters. The SMILES string of the molecule is Cc1cccc(-n2ncc(C(=O)Nc3ccc(-c4cn5ccsc5n4)cc3)c2C)c1. The maximum atomic E-state index is 12.8. The zero-order chi connectivity index (χ0) is 20.7. The van der Waals surface area contributed by atoms with Gasteiger partial charge < -0.3 is 5.32 Å². The Kier molecular flexibility index (Phi) is 4.44. The van der Waals surface area contributed by atoms with Gasteiger partial charge in [-0.1, -0.05) is 24.3 Å². The summed E-state index contributed by atoms with van der Waals surface area (Å²) in [5, 5.41) is 9.37. The van der Waals surface area contributed by atoms with E-state index in [1.165, 1.54) is 0 Å². The average Bonchev–Trinajstić information content (AvgIpc) is 3.43. The molecule has 0 aliphatic carbocycles. The van der Waals surface area contributed by atoms with E-state index >= 15 is 0 Å². The Morgan fingerprint density at radius 2 is 1.93 bits per heavy atom. The number of nitrogens with zero attached hydrogens (tertiary/aromatic N) is 4. The number of fused-ring (bicyclic) bond motifs is 1. The zero-order valence-electron chi connectivity index (χ0n) is 16.5. The second kappa shape index (κ2) is 7.27. The van der Waals surface area contributed by atoms with Crippen LogP contribution >= 0.6 is 11.3 Å². The van der Waals surface area contributed by atoms with Gasteiger partial charge in [0.05, 0.1) is 28.8 Å². The Morgan fingerprint density at radius 3 is 2.70 bits per heavy atom. The van der Waals surface area contributed by atoms with Gasteiger partial charge in [0.25, 0.3) is 5.91 Å². The predicted octanol–water partition coefficient (Wildman–Crippen LogP) is 5.12. The van der Waals surface area contributed by atoms with E-state index < -0.39 is 0 Å². The molecule has 0 radical (unpaired) electrons. The fourth-order valence-electron chi connectivity index (χ4n) is 3.44. The van der Waals surface area contributed by atoms with Gasteiger partial charge in [-0.25, -0.2) is 9.67 Å². The van der Waals surface area contributed by atoms with Gasteiger partial charge in [0.2, 0.25) is 0 Å². The number of amides is 1. The molecular weight excluding hydrogens is 394 g/mol. The lowest BCUT2D eigenvalue weighted by molar-refractivity contribution is 0.102. The summed E-state index contributed by atoms with van der Waals surface area (Å²) in [7, 11) is 0. The van der Waals surface area contributed by atoms with Crippen molar-refractivity contribution in [2.75, 3.05) is 5.32 Å². The molecule has 148 valence electrons. The van der Waals surface area contributed by atoms with Crippen LogP contribution in [-0.2, 0) is 0 Å². The summed E-state index contributed by atoms with van der Waals surface area (Å²) in [6.45, 7) is 3.93. The predicted molar refractivity (Wildman–Crippen MR) is 119 cm³/mol. The lowest BCUT2D eigenvalue weighted by atomic mass is 10.1. The number of aromatic nitrogens is 4. The number of thiazole rings is 1. The van der Waals surface area contributed by atoms with E-state index in [2.05, 4.69) is 15.4 Å². The van der Waals surface area contributed by atoms with Crippen molar-refractivity contribution in [2.45, 2.75) is 13.8 Å². The molecule has 0 saturated carbocycles. The molecule has 2 aromatic carbocycles. The van der Waals surface area contributed by atoms with Gasteiger partial charge in [0, 0.05) is 29.0 Å². The summed E-state index contributed by atoms with van der Waals surface area (Å²) in [5.41, 5.74) is 6.08. The van der Waals surface area contributed by atoms with E-state index in [1.54, 1.807) is 22.2 Å². The van der Waals surface area contributed by atoms with Crippen LogP contribution in [0.4, 0.5) is 5.69 Å². The van der Waals surface area contributed by atoms with Crippen LogP contribution in [0.3, 0.4) is 0 Å². The minimum atomic E-state index is -0.179. The summed E-state index contributed by atoms with van der Waals surface area (Å²) in [6, 6.07) is 15.7. The Labute approximate surface area is 177 Å². The van der Waals surface area contributed by atoms with Crippen LogP contribution in [-0.4, -0.2) is 25.1 Å². The molecule has 0 fully saturated rings. The number of imidazole rings is 1. The summed E-state index contributed by atoms with van der Waals surface area (Å²) < 4.78 is 3.79. The fraction of sp³-hybridized carbons (Fsp3) is 0.0870. The molecule has 0 bridgehead atoms. The molecule has 1 N–H and O–H groups in total. The number of carbonyl (C=O) groups is 1. The number of rotatable bonds is 4. The molecule has 5 rings (SSSR count). The Hall–Kier alpha value is -3.71. The van der Waals surface area contributed by atoms with Gasteiger partial charge >= 0.3 is 0 Å². The molecule has 30 heavy (non-hydrogen) atoms. The van der Waals surface area contributed by atoms with Crippen LogP contribution in [0, 0.1) is 13.8 Å². The van der Waals surface area contributed by atoms with Gasteiger partial charge in [-0.05, 0) is 43.7 Å². The van der Waals surface area contributed by atoms with E-state index in [1.807, 2.05) is 84.6 Å². The molecule has 7 heteroatoms. The normalized spacial score (nSPS) is 11.1. The van der Waals surface area contributed by atoms with Crippen molar-refractivity contribution in [3.8, 4) is 16.9 Å². The maximum Gasteiger partial charge on any atom is 0.259 e. The first-order chi connectivity index (χ1) is 14.6. The molecule has 0 aliphatic rings. The third-order valence-electron chi connectivity index (χ3n) is 5.03. The molecule has 3 heterocycles. The van der Waals surface area contributed by atoms with Gasteiger partial charge in [-0.15, -0.1) is 11.3 Å². The zero-order valence-corrected chi connectivity index (χ0v) is 17.4. The van der Waals surface area contributed by atoms with Crippen LogP contribution in [0.25, 0.3) is 21.9 Å². The number of aryl methyl sites for hydroxylation is 1. The van der Waals surface area contributed by atoms with Gasteiger partial charge in [-0.3, -0.25) is 9.20 Å². The summed E-state index contributed by atoms with van der Waals surface area (Å²) >= 11 is 1.60. The number of hydrogen-bond donors (Lipinski definition) is 1. The number of anilines is 1. The lowest BCUT2D eigenvalue weighted by Crippen LogP contribution is -2.13. The second-order valence-electron chi connectivity index (χ2n) is 7.14. The highest BCUT2D eigenvalue weighted by atomic mass is 32.1. The largest absolute Gasteiger partial charge is 0.322 e. The number of hydrogen-bond acceptors (Lipinski definition) is 4. The van der Waals surface area contributed by atoms with Crippen molar-refractivity contribution in [3.05, 3.63) is 89.3 Å². The van der Waals surface area contributed by atoms with E-state index in [4.69, 9.17) is 0 Å². The summed E-state index contributed by atoms with van der Waals surface area (Å²) in [5.74, 6) is -0.179. The molecule has 5 aromatic rings. The van der Waals surface area contributed by atoms with Crippen LogP contribution in [0.1, 0.15) is 21.6 Å². The standard InChI is InChI=1S/C23H19N5OS/c1-15-4-3-5-19(12-15)28-16(2)20(13-24-28)22(29)25-18-8-6-17(7-9-18)21-14-27-10-11-30-23(27)26-21/h3-14H,1-2H3,(H,25,29). The van der Waals surface area contributed by atoms with Gasteiger partial charge in [-0.2, -0.15) is 5.10 Å². The Bertz CT molecular complexity index is 1330. The molecule has 0 spiro atoms. The van der Waals surface area contributed by atoms with E-state index in [0.717, 1.165) is 38.9 Å². The van der Waals surface area contributed by atoms with E-state index in [-0.39, 0.29) is 5.91 Å². The first kappa shape index (κ1) is 18.3. The van der Waals surface area contributed by atoms with Crippen molar-refractivity contribution in [1.29, 1.82) is 0 Å². The summed E-state index contributed by atoms with van der Waals surface area (Å²) in [6.07, 6.45) is 5.60. The van der Waals surface area contributed by atoms with Crippen LogP contribution in [0.2, 0.25) is 0 Å². The number of benzene rings is 2. The van der Waals surface area contributed by atoms with Crippen LogP contribution < -0.4 is 5.32 Å². The topological polar surface area (TPSA) is 64.2 Å². The quantitative estimate of drug-likeness (QED) is 0.445. The number of nitrogens with one attached hydrogen (secondary N) is 1. The van der Waals surface area contributed by atoms with Crippen molar-refractivity contribution >= 4 is 27.9 Å². The molecule has 6 nitrogen and oxygen atoms in total. The van der Waals surface area contributed by atoms with Gasteiger partial charge in [0.1, 0.15) is 0 Å². The fourth-order valence-corrected chi connectivity index (χ4v) is 4.14. The van der Waals surface area contributed by atoms with Crippen LogP contribution in [0.15, 0.2) is 72.5 Å². The Balaban J connectivity index is 1.35. The molecule has 0 aliphatic heterocycles. The third-order valence-corrected chi connectivity index (χ3v) is 5.80. The molecule has 0 atom stereocenters. The first-order valence-corrected chi connectivity index (χ1v) is 10.4. The smallest absolute Gasteiger partial charge is 0.259 e. The minimum Gasteiger partial charge on any atom is -0.322 e. The molecule has 3 aromatic heterocycles. The third kappa shape index (κ3) is 3.29. The Morgan fingerprint density at radius 1 is 1.10 bits per heavy atom. The van der Waals surface area contributed by atoms with Crippen LogP contribution in [0.5, 0.6) is 0 Å². The van der Waals surface area contributed by atoms with E-state index in [0.29, 0.717) is 5.56 Å². The monoisotopic (exact) mass is 413 g/mol. The highest BCUT2D eigenvalue weighted by Gasteiger charge is 2.15. The first-order valence-electron chi connectivity index (χ1n) is 9.54. The molecule has 0 saturated heterocycles. The van der Waals surface area contributed by atoms with Gasteiger partial charge in [0.15, 0.2) is 4.96 Å². The maximum absolute atomic E-state index is 12.8. The second-order valence-corrected chi connectivity index (χ2v) is 8.02. The molecular formula is C23H19N5OS. The van der Waals surface area contributed by atoms with Crippen molar-refractivity contribution < 1.29 is 4.79 Å². The minimum absolute atomic E-state index is 0.179. The average molecular weight is 414 g/mol. The van der Waals surface area contributed by atoms with Crippen molar-refractivity contribution in [2.24, 2.45) is 0 Å². The molecule has 1 amide bonds. The van der Waals surface area contributed by atoms with Crippen molar-refractivity contribution in [1.82, 2.24) is 19.2 Å².